The number of hydrogen-bond donors (Lipinski definition) is 1. The highest BCUT2D eigenvalue weighted by atomic mass is 35.5. The van der Waals surface area contributed by atoms with E-state index in [1.54, 1.807) is 0 Å². The van der Waals surface area contributed by atoms with Crippen molar-refractivity contribution in [1.82, 2.24) is 5.32 Å². The second kappa shape index (κ2) is 6.08. The van der Waals surface area contributed by atoms with Crippen LogP contribution >= 0.6 is 11.6 Å². The molecule has 3 unspecified atom stereocenters. The summed E-state index contributed by atoms with van der Waals surface area (Å²) in [6.07, 6.45) is 4.00. The molecule has 0 radical (unpaired) electrons. The first-order valence-electron chi connectivity index (χ1n) is 7.07. The fourth-order valence-electron chi connectivity index (χ4n) is 3.11. The number of halogens is 1. The summed E-state index contributed by atoms with van der Waals surface area (Å²) in [5, 5.41) is 4.60. The Hall–Kier alpha value is -0.530. The SMILES string of the molecule is CC1CCC(N[C@H](C)c2cccc(Cl)c2)C(C)C1. The lowest BCUT2D eigenvalue weighted by Crippen LogP contribution is -2.40. The molecule has 1 aromatic carbocycles. The maximum absolute atomic E-state index is 6.05. The molecule has 1 fully saturated rings. The average molecular weight is 266 g/mol. The number of benzene rings is 1. The number of hydrogen-bond acceptors (Lipinski definition) is 1. The summed E-state index contributed by atoms with van der Waals surface area (Å²) in [7, 11) is 0. The van der Waals surface area contributed by atoms with E-state index in [2.05, 4.69) is 38.2 Å². The van der Waals surface area contributed by atoms with Crippen molar-refractivity contribution in [2.75, 3.05) is 0 Å². The largest absolute Gasteiger partial charge is 0.307 e. The van der Waals surface area contributed by atoms with Crippen LogP contribution in [0, 0.1) is 11.8 Å². The van der Waals surface area contributed by atoms with Crippen LogP contribution in [0.5, 0.6) is 0 Å². The summed E-state index contributed by atoms with van der Waals surface area (Å²) in [5.41, 5.74) is 1.29. The minimum absolute atomic E-state index is 0.379. The van der Waals surface area contributed by atoms with Crippen LogP contribution in [-0.4, -0.2) is 6.04 Å². The predicted octanol–water partition coefficient (Wildman–Crippen LogP) is 4.82. The van der Waals surface area contributed by atoms with Crippen molar-refractivity contribution in [3.05, 3.63) is 34.9 Å². The van der Waals surface area contributed by atoms with E-state index in [1.807, 2.05) is 12.1 Å². The first kappa shape index (κ1) is 13.9. The molecule has 0 heterocycles. The summed E-state index contributed by atoms with van der Waals surface area (Å²) in [6.45, 7) is 6.97. The van der Waals surface area contributed by atoms with Crippen LogP contribution < -0.4 is 5.32 Å². The Balaban J connectivity index is 1.97. The summed E-state index contributed by atoms with van der Waals surface area (Å²) in [5.74, 6) is 1.66. The average Bonchev–Trinajstić information content (AvgIpc) is 2.32. The van der Waals surface area contributed by atoms with E-state index in [0.29, 0.717) is 12.1 Å². The molecule has 0 bridgehead atoms. The first-order chi connectivity index (χ1) is 8.56. The van der Waals surface area contributed by atoms with Gasteiger partial charge in [0.15, 0.2) is 0 Å². The van der Waals surface area contributed by atoms with Gasteiger partial charge in [-0.05, 0) is 55.7 Å². The van der Waals surface area contributed by atoms with Gasteiger partial charge in [0.2, 0.25) is 0 Å². The van der Waals surface area contributed by atoms with E-state index in [9.17, 15) is 0 Å². The van der Waals surface area contributed by atoms with Crippen molar-refractivity contribution in [2.45, 2.75) is 52.1 Å². The molecular weight excluding hydrogens is 242 g/mol. The van der Waals surface area contributed by atoms with Gasteiger partial charge < -0.3 is 5.32 Å². The van der Waals surface area contributed by atoms with Gasteiger partial charge in [0.05, 0.1) is 0 Å². The maximum atomic E-state index is 6.05. The quantitative estimate of drug-likeness (QED) is 0.827. The lowest BCUT2D eigenvalue weighted by atomic mass is 9.79. The fraction of sp³-hybridized carbons (Fsp3) is 0.625. The summed E-state index contributed by atoms with van der Waals surface area (Å²) >= 11 is 6.05. The minimum Gasteiger partial charge on any atom is -0.307 e. The van der Waals surface area contributed by atoms with Gasteiger partial charge in [-0.25, -0.2) is 0 Å². The van der Waals surface area contributed by atoms with Gasteiger partial charge in [0.1, 0.15) is 0 Å². The Morgan fingerprint density at radius 1 is 1.28 bits per heavy atom. The Bertz CT molecular complexity index is 390. The van der Waals surface area contributed by atoms with Gasteiger partial charge in [-0.15, -0.1) is 0 Å². The van der Waals surface area contributed by atoms with Crippen molar-refractivity contribution in [1.29, 1.82) is 0 Å². The molecule has 0 amide bonds. The number of rotatable bonds is 3. The van der Waals surface area contributed by atoms with Gasteiger partial charge in [0, 0.05) is 17.1 Å². The third-order valence-electron chi connectivity index (χ3n) is 4.24. The molecule has 2 heteroatoms. The van der Waals surface area contributed by atoms with Crippen LogP contribution in [0.2, 0.25) is 5.02 Å². The summed E-state index contributed by atoms with van der Waals surface area (Å²) < 4.78 is 0. The molecule has 100 valence electrons. The molecule has 4 atom stereocenters. The Morgan fingerprint density at radius 3 is 2.72 bits per heavy atom. The van der Waals surface area contributed by atoms with E-state index in [4.69, 9.17) is 11.6 Å². The van der Waals surface area contributed by atoms with E-state index >= 15 is 0 Å². The number of nitrogens with one attached hydrogen (secondary N) is 1. The second-order valence-corrected chi connectivity index (χ2v) is 6.38. The zero-order chi connectivity index (χ0) is 13.1. The fourth-order valence-corrected chi connectivity index (χ4v) is 3.30. The molecule has 0 aromatic heterocycles. The van der Waals surface area contributed by atoms with Crippen LogP contribution in [0.1, 0.15) is 51.6 Å². The lowest BCUT2D eigenvalue weighted by molar-refractivity contribution is 0.216. The van der Waals surface area contributed by atoms with E-state index < -0.39 is 0 Å². The Morgan fingerprint density at radius 2 is 2.06 bits per heavy atom. The topological polar surface area (TPSA) is 12.0 Å². The highest BCUT2D eigenvalue weighted by Crippen LogP contribution is 2.30. The zero-order valence-electron chi connectivity index (χ0n) is 11.6. The van der Waals surface area contributed by atoms with Crippen LogP contribution in [-0.2, 0) is 0 Å². The van der Waals surface area contributed by atoms with Gasteiger partial charge in [-0.2, -0.15) is 0 Å². The van der Waals surface area contributed by atoms with Crippen LogP contribution in [0.25, 0.3) is 0 Å². The Kier molecular flexibility index (Phi) is 4.69. The molecule has 1 saturated carbocycles. The third-order valence-corrected chi connectivity index (χ3v) is 4.48. The molecule has 1 nitrogen and oxygen atoms in total. The molecule has 1 aliphatic rings. The van der Waals surface area contributed by atoms with Crippen LogP contribution in [0.15, 0.2) is 24.3 Å². The normalized spacial score (nSPS) is 30.1. The maximum Gasteiger partial charge on any atom is 0.0409 e. The van der Waals surface area contributed by atoms with Crippen molar-refractivity contribution < 1.29 is 0 Å². The minimum atomic E-state index is 0.379. The monoisotopic (exact) mass is 265 g/mol. The van der Waals surface area contributed by atoms with Gasteiger partial charge in [-0.3, -0.25) is 0 Å². The van der Waals surface area contributed by atoms with E-state index in [0.717, 1.165) is 16.9 Å². The van der Waals surface area contributed by atoms with Crippen LogP contribution in [0.4, 0.5) is 0 Å². The molecular formula is C16H24ClN. The summed E-state index contributed by atoms with van der Waals surface area (Å²) in [6, 6.07) is 9.21. The van der Waals surface area contributed by atoms with Crippen molar-refractivity contribution in [2.24, 2.45) is 11.8 Å². The van der Waals surface area contributed by atoms with Gasteiger partial charge in [0.25, 0.3) is 0 Å². The standard InChI is InChI=1S/C16H24ClN/c1-11-7-8-16(12(2)9-11)18-13(3)14-5-4-6-15(17)10-14/h4-6,10-13,16,18H,7-9H2,1-3H3/t11?,12?,13-,16?/m1/s1. The highest BCUT2D eigenvalue weighted by Gasteiger charge is 2.26. The molecule has 1 N–H and O–H groups in total. The molecule has 0 spiro atoms. The van der Waals surface area contributed by atoms with Crippen molar-refractivity contribution in [3.8, 4) is 0 Å². The molecule has 1 aromatic rings. The van der Waals surface area contributed by atoms with Crippen molar-refractivity contribution in [3.63, 3.8) is 0 Å². The molecule has 2 rings (SSSR count). The molecule has 18 heavy (non-hydrogen) atoms. The van der Waals surface area contributed by atoms with E-state index in [-0.39, 0.29) is 0 Å². The first-order valence-corrected chi connectivity index (χ1v) is 7.45. The molecule has 0 aliphatic heterocycles. The zero-order valence-corrected chi connectivity index (χ0v) is 12.4. The summed E-state index contributed by atoms with van der Waals surface area (Å²) in [4.78, 5) is 0. The van der Waals surface area contributed by atoms with Gasteiger partial charge in [-0.1, -0.05) is 37.6 Å². The predicted molar refractivity (Wildman–Crippen MR) is 79.0 cm³/mol. The smallest absolute Gasteiger partial charge is 0.0409 e. The second-order valence-electron chi connectivity index (χ2n) is 5.95. The third kappa shape index (κ3) is 3.49. The van der Waals surface area contributed by atoms with E-state index in [1.165, 1.54) is 24.8 Å². The molecule has 1 aliphatic carbocycles. The Labute approximate surface area is 116 Å². The highest BCUT2D eigenvalue weighted by molar-refractivity contribution is 6.30. The van der Waals surface area contributed by atoms with Crippen LogP contribution in [0.3, 0.4) is 0 Å². The van der Waals surface area contributed by atoms with Gasteiger partial charge >= 0.3 is 0 Å². The van der Waals surface area contributed by atoms with Crippen molar-refractivity contribution >= 4 is 11.6 Å². The molecule has 0 saturated heterocycles. The lowest BCUT2D eigenvalue weighted by Gasteiger charge is -2.35.